The van der Waals surface area contributed by atoms with Gasteiger partial charge in [-0.1, -0.05) is 26.0 Å². The number of aliphatic hydroxyl groups excluding tert-OH is 1. The second kappa shape index (κ2) is 13.9. The second-order valence-electron chi connectivity index (χ2n) is 8.36. The second-order valence-corrected chi connectivity index (χ2v) is 8.36. The van der Waals surface area contributed by atoms with Crippen LogP contribution < -0.4 is 27.4 Å². The van der Waals surface area contributed by atoms with Crippen molar-refractivity contribution >= 4 is 29.6 Å². The molecule has 13 nitrogen and oxygen atoms in total. The van der Waals surface area contributed by atoms with Gasteiger partial charge in [0.25, 0.3) is 0 Å². The van der Waals surface area contributed by atoms with E-state index < -0.39 is 66.3 Å². The van der Waals surface area contributed by atoms with Crippen LogP contribution in [0.25, 0.3) is 0 Å². The molecule has 1 aromatic rings. The van der Waals surface area contributed by atoms with Gasteiger partial charge in [-0.15, -0.1) is 0 Å². The molecule has 0 heterocycles. The van der Waals surface area contributed by atoms with E-state index in [2.05, 4.69) is 16.0 Å². The summed E-state index contributed by atoms with van der Waals surface area (Å²) >= 11 is 0. The standard InChI is InChI=1S/C22H33N5O8/c1-11(2)18(21(33)25-15(22(34)35)7-8-17(24)30)27-20(32)16(10-28)26-19(31)14(23)9-12-3-5-13(29)6-4-12/h3-6,11,14-16,18,28-29H,7-10,23H2,1-2H3,(H2,24,30)(H,25,33)(H,26,31)(H,27,32)(H,34,35). The summed E-state index contributed by atoms with van der Waals surface area (Å²) in [5, 5.41) is 35.2. The molecule has 0 aliphatic carbocycles. The van der Waals surface area contributed by atoms with Crippen LogP contribution in [0.15, 0.2) is 24.3 Å². The lowest BCUT2D eigenvalue weighted by molar-refractivity contribution is -0.143. The van der Waals surface area contributed by atoms with Crippen molar-refractivity contribution < 1.29 is 39.3 Å². The fourth-order valence-corrected chi connectivity index (χ4v) is 3.05. The highest BCUT2D eigenvalue weighted by atomic mass is 16.4. The van der Waals surface area contributed by atoms with E-state index in [1.54, 1.807) is 26.0 Å². The van der Waals surface area contributed by atoms with Crippen LogP contribution in [0, 0.1) is 5.92 Å². The van der Waals surface area contributed by atoms with Gasteiger partial charge in [0.05, 0.1) is 12.6 Å². The number of amides is 4. The number of carboxylic acid groups (broad SMARTS) is 1. The summed E-state index contributed by atoms with van der Waals surface area (Å²) in [6.45, 7) is 2.42. The van der Waals surface area contributed by atoms with Crippen LogP contribution in [0.5, 0.6) is 5.75 Å². The van der Waals surface area contributed by atoms with Gasteiger partial charge in [0.15, 0.2) is 0 Å². The smallest absolute Gasteiger partial charge is 0.326 e. The molecule has 0 saturated carbocycles. The number of carbonyl (C=O) groups excluding carboxylic acids is 4. The van der Waals surface area contributed by atoms with Crippen LogP contribution in [0.4, 0.5) is 0 Å². The molecule has 0 radical (unpaired) electrons. The third-order valence-corrected chi connectivity index (χ3v) is 5.09. The number of nitrogens with two attached hydrogens (primary N) is 2. The summed E-state index contributed by atoms with van der Waals surface area (Å²) in [4.78, 5) is 60.1. The number of aliphatic hydroxyl groups is 1. The summed E-state index contributed by atoms with van der Waals surface area (Å²) in [5.41, 5.74) is 11.6. The molecule has 0 aliphatic heterocycles. The van der Waals surface area contributed by atoms with Gasteiger partial charge in [-0.05, 0) is 36.5 Å². The molecule has 0 aromatic heterocycles. The van der Waals surface area contributed by atoms with Crippen molar-refractivity contribution in [1.82, 2.24) is 16.0 Å². The number of rotatable bonds is 14. The third-order valence-electron chi connectivity index (χ3n) is 5.09. The first kappa shape index (κ1) is 29.3. The Kier molecular flexibility index (Phi) is 11.6. The molecule has 10 N–H and O–H groups in total. The zero-order chi connectivity index (χ0) is 26.7. The molecular formula is C22H33N5O8. The van der Waals surface area contributed by atoms with E-state index in [1.165, 1.54) is 12.1 Å². The molecule has 0 spiro atoms. The maximum absolute atomic E-state index is 12.7. The number of phenols is 1. The number of benzene rings is 1. The van der Waals surface area contributed by atoms with Crippen LogP contribution in [0.1, 0.15) is 32.3 Å². The molecule has 35 heavy (non-hydrogen) atoms. The summed E-state index contributed by atoms with van der Waals surface area (Å²) in [5.74, 6) is -4.98. The van der Waals surface area contributed by atoms with Crippen LogP contribution in [0.3, 0.4) is 0 Å². The van der Waals surface area contributed by atoms with Crippen molar-refractivity contribution in [3.63, 3.8) is 0 Å². The van der Waals surface area contributed by atoms with Crippen LogP contribution in [-0.2, 0) is 30.4 Å². The van der Waals surface area contributed by atoms with Crippen molar-refractivity contribution in [3.8, 4) is 5.75 Å². The minimum Gasteiger partial charge on any atom is -0.508 e. The SMILES string of the molecule is CC(C)C(NC(=O)C(CO)NC(=O)C(N)Cc1ccc(O)cc1)C(=O)NC(CCC(N)=O)C(=O)O. The first-order chi connectivity index (χ1) is 16.3. The first-order valence-electron chi connectivity index (χ1n) is 10.9. The van der Waals surface area contributed by atoms with Gasteiger partial charge in [-0.25, -0.2) is 4.79 Å². The first-order valence-corrected chi connectivity index (χ1v) is 10.9. The number of hydrogen-bond donors (Lipinski definition) is 8. The van der Waals surface area contributed by atoms with E-state index >= 15 is 0 Å². The predicted molar refractivity (Wildman–Crippen MR) is 124 cm³/mol. The molecule has 4 amide bonds. The third kappa shape index (κ3) is 9.98. The number of phenolic OH excluding ortho intramolecular Hbond substituents is 1. The lowest BCUT2D eigenvalue weighted by atomic mass is 10.0. The number of nitrogens with one attached hydrogen (secondary N) is 3. The Morgan fingerprint density at radius 1 is 0.914 bits per heavy atom. The molecule has 0 aliphatic rings. The Morgan fingerprint density at radius 3 is 1.97 bits per heavy atom. The average Bonchev–Trinajstić information content (AvgIpc) is 2.78. The highest BCUT2D eigenvalue weighted by molar-refractivity contribution is 5.94. The number of primary amides is 1. The Labute approximate surface area is 202 Å². The Hall–Kier alpha value is -3.71. The van der Waals surface area contributed by atoms with Gasteiger partial charge in [0.1, 0.15) is 23.9 Å². The van der Waals surface area contributed by atoms with E-state index in [4.69, 9.17) is 11.5 Å². The molecule has 194 valence electrons. The van der Waals surface area contributed by atoms with Gasteiger partial charge in [-0.2, -0.15) is 0 Å². The molecule has 1 rings (SSSR count). The highest BCUT2D eigenvalue weighted by Crippen LogP contribution is 2.11. The zero-order valence-electron chi connectivity index (χ0n) is 19.6. The van der Waals surface area contributed by atoms with E-state index in [0.717, 1.165) is 0 Å². The molecular weight excluding hydrogens is 462 g/mol. The van der Waals surface area contributed by atoms with E-state index in [1.807, 2.05) is 0 Å². The predicted octanol–water partition coefficient (Wildman–Crippen LogP) is -2.29. The number of carbonyl (C=O) groups is 5. The summed E-state index contributed by atoms with van der Waals surface area (Å²) in [7, 11) is 0. The Bertz CT molecular complexity index is 906. The molecule has 4 atom stereocenters. The van der Waals surface area contributed by atoms with Crippen LogP contribution >= 0.6 is 0 Å². The quantitative estimate of drug-likeness (QED) is 0.138. The fourth-order valence-electron chi connectivity index (χ4n) is 3.05. The zero-order valence-corrected chi connectivity index (χ0v) is 19.6. The maximum Gasteiger partial charge on any atom is 0.326 e. The van der Waals surface area contributed by atoms with E-state index in [-0.39, 0.29) is 25.0 Å². The van der Waals surface area contributed by atoms with Crippen molar-refractivity contribution in [3.05, 3.63) is 29.8 Å². The van der Waals surface area contributed by atoms with Crippen molar-refractivity contribution in [2.24, 2.45) is 17.4 Å². The van der Waals surface area contributed by atoms with E-state index in [0.29, 0.717) is 5.56 Å². The average molecular weight is 496 g/mol. The van der Waals surface area contributed by atoms with Crippen LogP contribution in [-0.4, -0.2) is 75.7 Å². The van der Waals surface area contributed by atoms with Crippen molar-refractivity contribution in [1.29, 1.82) is 0 Å². The topological polar surface area (TPSA) is 234 Å². The fraction of sp³-hybridized carbons (Fsp3) is 0.500. The summed E-state index contributed by atoms with van der Waals surface area (Å²) < 4.78 is 0. The van der Waals surface area contributed by atoms with E-state index in [9.17, 15) is 39.3 Å². The molecule has 0 fully saturated rings. The number of aliphatic carboxylic acids is 1. The number of aromatic hydroxyl groups is 1. The maximum atomic E-state index is 12.7. The summed E-state index contributed by atoms with van der Waals surface area (Å²) in [6.07, 6.45) is -0.396. The minimum absolute atomic E-state index is 0.0510. The molecule has 4 unspecified atom stereocenters. The monoisotopic (exact) mass is 495 g/mol. The lowest BCUT2D eigenvalue weighted by Crippen LogP contribution is -2.59. The van der Waals surface area contributed by atoms with Crippen molar-refractivity contribution in [2.75, 3.05) is 6.61 Å². The molecule has 13 heteroatoms. The molecule has 1 aromatic carbocycles. The molecule has 0 saturated heterocycles. The van der Waals surface area contributed by atoms with Crippen LogP contribution in [0.2, 0.25) is 0 Å². The van der Waals surface area contributed by atoms with Gasteiger partial charge in [0.2, 0.25) is 23.6 Å². The Morgan fingerprint density at radius 2 is 1.49 bits per heavy atom. The largest absolute Gasteiger partial charge is 0.508 e. The summed E-state index contributed by atoms with van der Waals surface area (Å²) in [6, 6.07) is 0.943. The number of hydrogen-bond acceptors (Lipinski definition) is 8. The minimum atomic E-state index is -1.42. The van der Waals surface area contributed by atoms with Gasteiger partial charge < -0.3 is 42.7 Å². The highest BCUT2D eigenvalue weighted by Gasteiger charge is 2.31. The normalized spacial score (nSPS) is 14.3. The Balaban J connectivity index is 2.79. The van der Waals surface area contributed by atoms with Gasteiger partial charge >= 0.3 is 5.97 Å². The molecule has 0 bridgehead atoms. The lowest BCUT2D eigenvalue weighted by Gasteiger charge is -2.26. The van der Waals surface area contributed by atoms with Gasteiger partial charge in [0, 0.05) is 6.42 Å². The van der Waals surface area contributed by atoms with Gasteiger partial charge in [-0.3, -0.25) is 19.2 Å². The number of carboxylic acids is 1. The van der Waals surface area contributed by atoms with Crippen molar-refractivity contribution in [2.45, 2.75) is 57.3 Å².